The number of carbonyl (C=O) groups is 3. The molecule has 1 N–H and O–H groups in total. The zero-order chi connectivity index (χ0) is 24.7. The summed E-state index contributed by atoms with van der Waals surface area (Å²) in [6.45, 7) is 4.10. The standard InChI is InChI=1S/C28H34N4O3/c1-2-3-18-29-25(33)21-31-22-32(24-12-8-5-9-13-24)28(27(31)35)16-19-30(20-17-28)26(34)15-14-23-10-6-4-7-11-23/h4-15H,2-3,16-22H2,1H3,(H,29,33). The van der Waals surface area contributed by atoms with Crippen molar-refractivity contribution in [2.75, 3.05) is 37.7 Å². The van der Waals surface area contributed by atoms with Crippen molar-refractivity contribution in [1.29, 1.82) is 0 Å². The van der Waals surface area contributed by atoms with Gasteiger partial charge in [0.2, 0.25) is 11.8 Å². The number of anilines is 1. The van der Waals surface area contributed by atoms with E-state index in [-0.39, 0.29) is 24.3 Å². The van der Waals surface area contributed by atoms with Crippen LogP contribution >= 0.6 is 0 Å². The number of carbonyl (C=O) groups excluding carboxylic acids is 3. The Hall–Kier alpha value is -3.61. The van der Waals surface area contributed by atoms with Crippen LogP contribution in [-0.4, -0.2) is 65.9 Å². The van der Waals surface area contributed by atoms with E-state index in [1.165, 1.54) is 0 Å². The number of rotatable bonds is 8. The SMILES string of the molecule is CCCCNC(=O)CN1CN(c2ccccc2)C2(CCN(C(=O)C=Cc3ccccc3)CC2)C1=O. The Balaban J connectivity index is 1.46. The fraction of sp³-hybridized carbons (Fsp3) is 0.393. The van der Waals surface area contributed by atoms with E-state index in [2.05, 4.69) is 17.1 Å². The molecule has 2 heterocycles. The number of nitrogens with zero attached hydrogens (tertiary/aromatic N) is 3. The fourth-order valence-corrected chi connectivity index (χ4v) is 4.89. The summed E-state index contributed by atoms with van der Waals surface area (Å²) in [5.74, 6) is -0.206. The van der Waals surface area contributed by atoms with Crippen molar-refractivity contribution >= 4 is 29.5 Å². The van der Waals surface area contributed by atoms with Gasteiger partial charge in [0.15, 0.2) is 0 Å². The van der Waals surface area contributed by atoms with Crippen LogP contribution in [-0.2, 0) is 14.4 Å². The maximum absolute atomic E-state index is 13.7. The van der Waals surface area contributed by atoms with E-state index in [1.54, 1.807) is 15.9 Å². The first-order chi connectivity index (χ1) is 17.0. The molecule has 2 aromatic rings. The van der Waals surface area contributed by atoms with Gasteiger partial charge in [-0.15, -0.1) is 0 Å². The molecule has 2 aliphatic heterocycles. The molecule has 0 aliphatic carbocycles. The Labute approximate surface area is 207 Å². The number of amides is 3. The largest absolute Gasteiger partial charge is 0.355 e. The van der Waals surface area contributed by atoms with Gasteiger partial charge in [0.25, 0.3) is 5.91 Å². The number of benzene rings is 2. The number of para-hydroxylation sites is 1. The molecule has 7 heteroatoms. The monoisotopic (exact) mass is 474 g/mol. The molecule has 0 aromatic heterocycles. The van der Waals surface area contributed by atoms with E-state index in [1.807, 2.05) is 66.7 Å². The zero-order valence-electron chi connectivity index (χ0n) is 20.4. The van der Waals surface area contributed by atoms with Gasteiger partial charge in [0.1, 0.15) is 12.1 Å². The van der Waals surface area contributed by atoms with E-state index in [9.17, 15) is 14.4 Å². The molecule has 0 saturated carbocycles. The van der Waals surface area contributed by atoms with Gasteiger partial charge in [-0.05, 0) is 43.0 Å². The number of nitrogens with one attached hydrogen (secondary N) is 1. The Morgan fingerprint density at radius 3 is 2.31 bits per heavy atom. The van der Waals surface area contributed by atoms with Crippen LogP contribution in [0.1, 0.15) is 38.2 Å². The van der Waals surface area contributed by atoms with Crippen molar-refractivity contribution in [3.63, 3.8) is 0 Å². The summed E-state index contributed by atoms with van der Waals surface area (Å²) in [5, 5.41) is 2.91. The first-order valence-electron chi connectivity index (χ1n) is 12.4. The molecule has 7 nitrogen and oxygen atoms in total. The van der Waals surface area contributed by atoms with Crippen LogP contribution in [0, 0.1) is 0 Å². The van der Waals surface area contributed by atoms with Crippen molar-refractivity contribution in [2.45, 2.75) is 38.1 Å². The molecule has 35 heavy (non-hydrogen) atoms. The van der Waals surface area contributed by atoms with Crippen LogP contribution in [0.4, 0.5) is 5.69 Å². The van der Waals surface area contributed by atoms with E-state index in [0.717, 1.165) is 24.1 Å². The smallest absolute Gasteiger partial charge is 0.250 e. The summed E-state index contributed by atoms with van der Waals surface area (Å²) >= 11 is 0. The van der Waals surface area contributed by atoms with Crippen molar-refractivity contribution in [3.05, 3.63) is 72.3 Å². The molecule has 1 spiro atoms. The lowest BCUT2D eigenvalue weighted by Crippen LogP contribution is -2.57. The quantitative estimate of drug-likeness (QED) is 0.471. The topological polar surface area (TPSA) is 73.0 Å². The van der Waals surface area contributed by atoms with Crippen LogP contribution in [0.2, 0.25) is 0 Å². The first-order valence-corrected chi connectivity index (χ1v) is 12.4. The lowest BCUT2D eigenvalue weighted by Gasteiger charge is -2.43. The maximum Gasteiger partial charge on any atom is 0.250 e. The molecule has 3 amide bonds. The Bertz CT molecular complexity index is 1050. The lowest BCUT2D eigenvalue weighted by atomic mass is 9.85. The first kappa shape index (κ1) is 24.5. The predicted octanol–water partition coefficient (Wildman–Crippen LogP) is 3.28. The minimum Gasteiger partial charge on any atom is -0.355 e. The number of hydrogen-bond donors (Lipinski definition) is 1. The van der Waals surface area contributed by atoms with Crippen molar-refractivity contribution in [1.82, 2.24) is 15.1 Å². The Morgan fingerprint density at radius 1 is 1.00 bits per heavy atom. The number of unbranched alkanes of at least 4 members (excludes halogenated alkanes) is 1. The third kappa shape index (κ3) is 5.56. The molecule has 184 valence electrons. The van der Waals surface area contributed by atoms with E-state index >= 15 is 0 Å². The van der Waals surface area contributed by atoms with Crippen molar-refractivity contribution in [2.24, 2.45) is 0 Å². The molecule has 0 unspecified atom stereocenters. The summed E-state index contributed by atoms with van der Waals surface area (Å²) in [5.41, 5.74) is 1.19. The summed E-state index contributed by atoms with van der Waals surface area (Å²) in [6.07, 6.45) is 6.40. The minimum absolute atomic E-state index is 0.0288. The number of likely N-dealkylation sites (tertiary alicyclic amines) is 1. The second-order valence-electron chi connectivity index (χ2n) is 9.21. The minimum atomic E-state index is -0.745. The van der Waals surface area contributed by atoms with Crippen LogP contribution in [0.3, 0.4) is 0 Å². The van der Waals surface area contributed by atoms with Gasteiger partial charge in [-0.1, -0.05) is 61.9 Å². The van der Waals surface area contributed by atoms with E-state index in [4.69, 9.17) is 0 Å². The molecular formula is C28H34N4O3. The average molecular weight is 475 g/mol. The summed E-state index contributed by atoms with van der Waals surface area (Å²) < 4.78 is 0. The highest BCUT2D eigenvalue weighted by molar-refractivity contribution is 5.97. The van der Waals surface area contributed by atoms with Crippen LogP contribution in [0.5, 0.6) is 0 Å². The van der Waals surface area contributed by atoms with Gasteiger partial charge >= 0.3 is 0 Å². The molecule has 2 saturated heterocycles. The maximum atomic E-state index is 13.7. The van der Waals surface area contributed by atoms with Crippen LogP contribution in [0.25, 0.3) is 6.08 Å². The molecule has 0 radical (unpaired) electrons. The molecule has 2 aromatic carbocycles. The highest BCUT2D eigenvalue weighted by atomic mass is 16.2. The highest BCUT2D eigenvalue weighted by Gasteiger charge is 2.54. The zero-order valence-corrected chi connectivity index (χ0v) is 20.4. The van der Waals surface area contributed by atoms with Gasteiger partial charge < -0.3 is 20.0 Å². The number of hydrogen-bond acceptors (Lipinski definition) is 4. The second-order valence-corrected chi connectivity index (χ2v) is 9.21. The van der Waals surface area contributed by atoms with E-state index in [0.29, 0.717) is 39.1 Å². The summed E-state index contributed by atoms with van der Waals surface area (Å²) in [6, 6.07) is 19.6. The van der Waals surface area contributed by atoms with Crippen LogP contribution < -0.4 is 10.2 Å². The third-order valence-corrected chi connectivity index (χ3v) is 6.89. The van der Waals surface area contributed by atoms with Crippen molar-refractivity contribution < 1.29 is 14.4 Å². The van der Waals surface area contributed by atoms with E-state index < -0.39 is 5.54 Å². The average Bonchev–Trinajstić information content (AvgIpc) is 3.15. The van der Waals surface area contributed by atoms with Gasteiger partial charge in [0.05, 0.1) is 6.67 Å². The summed E-state index contributed by atoms with van der Waals surface area (Å²) in [4.78, 5) is 44.6. The molecule has 0 bridgehead atoms. The number of piperidine rings is 1. The van der Waals surface area contributed by atoms with Gasteiger partial charge in [-0.3, -0.25) is 14.4 Å². The predicted molar refractivity (Wildman–Crippen MR) is 137 cm³/mol. The molecule has 2 fully saturated rings. The van der Waals surface area contributed by atoms with Crippen molar-refractivity contribution in [3.8, 4) is 0 Å². The van der Waals surface area contributed by atoms with Gasteiger partial charge in [-0.2, -0.15) is 0 Å². The highest BCUT2D eigenvalue weighted by Crippen LogP contribution is 2.39. The normalized spacial score (nSPS) is 17.4. The Kier molecular flexibility index (Phi) is 7.85. The summed E-state index contributed by atoms with van der Waals surface area (Å²) in [7, 11) is 0. The fourth-order valence-electron chi connectivity index (χ4n) is 4.89. The lowest BCUT2D eigenvalue weighted by molar-refractivity contribution is -0.138. The molecule has 0 atom stereocenters. The molecule has 2 aliphatic rings. The van der Waals surface area contributed by atoms with Crippen LogP contribution in [0.15, 0.2) is 66.7 Å². The second kappa shape index (κ2) is 11.2. The Morgan fingerprint density at radius 2 is 1.66 bits per heavy atom. The van der Waals surface area contributed by atoms with Gasteiger partial charge in [-0.25, -0.2) is 0 Å². The third-order valence-electron chi connectivity index (χ3n) is 6.89. The van der Waals surface area contributed by atoms with Gasteiger partial charge in [0, 0.05) is 31.4 Å². The molecule has 4 rings (SSSR count). The molecular weight excluding hydrogens is 440 g/mol.